The molecule has 0 atom stereocenters. The molecule has 1 aromatic heterocycles. The molecule has 7 heteroatoms. The van der Waals surface area contributed by atoms with Gasteiger partial charge in [-0.2, -0.15) is 0 Å². The van der Waals surface area contributed by atoms with Gasteiger partial charge in [0.1, 0.15) is 22.9 Å². The van der Waals surface area contributed by atoms with Gasteiger partial charge in [-0.15, -0.1) is 0 Å². The first kappa shape index (κ1) is 22.7. The molecule has 184 valence electrons. The molecule has 1 amide bonds. The van der Waals surface area contributed by atoms with E-state index in [9.17, 15) is 15.0 Å². The van der Waals surface area contributed by atoms with Crippen molar-refractivity contribution in [2.45, 2.75) is 12.8 Å². The fourth-order valence-electron chi connectivity index (χ4n) is 4.59. The third-order valence-corrected chi connectivity index (χ3v) is 6.70. The minimum atomic E-state index is -0.162. The van der Waals surface area contributed by atoms with Gasteiger partial charge in [0.15, 0.2) is 0 Å². The third-order valence-electron chi connectivity index (χ3n) is 6.70. The lowest BCUT2D eigenvalue weighted by atomic mass is 9.93. The van der Waals surface area contributed by atoms with Crippen LogP contribution in [0.2, 0.25) is 0 Å². The fourth-order valence-corrected chi connectivity index (χ4v) is 4.59. The smallest absolute Gasteiger partial charge is 0.239 e. The summed E-state index contributed by atoms with van der Waals surface area (Å²) in [6.45, 7) is 0. The van der Waals surface area contributed by atoms with Gasteiger partial charge in [0, 0.05) is 23.1 Å². The van der Waals surface area contributed by atoms with Gasteiger partial charge >= 0.3 is 0 Å². The molecular formula is C30H24N2O5. The highest BCUT2D eigenvalue weighted by molar-refractivity contribution is 6.02. The zero-order valence-corrected chi connectivity index (χ0v) is 20.1. The molecule has 0 bridgehead atoms. The number of benzene rings is 4. The number of phenols is 2. The number of aromatic nitrogens is 1. The Hall–Kier alpha value is -4.78. The lowest BCUT2D eigenvalue weighted by Gasteiger charge is -2.13. The standard InChI is InChI=1S/C30H24N2O5/c1-36-20-13-11-18(12-14-20)27-28(32-37-30(27)31-29(35)19-9-10-19)24-15-23(25(33)16-26(24)34)22-8-4-6-17-5-2-3-7-21(17)22/h2-8,11-16,19,33-34H,9-10H2,1H3,(H,31,35). The second kappa shape index (κ2) is 9.02. The maximum atomic E-state index is 12.6. The van der Waals surface area contributed by atoms with Gasteiger partial charge in [-0.25, -0.2) is 0 Å². The molecule has 0 saturated heterocycles. The average Bonchev–Trinajstić information content (AvgIpc) is 3.70. The molecule has 7 nitrogen and oxygen atoms in total. The number of ether oxygens (including phenoxy) is 1. The number of amides is 1. The largest absolute Gasteiger partial charge is 0.507 e. The monoisotopic (exact) mass is 492 g/mol. The first-order valence-corrected chi connectivity index (χ1v) is 12.0. The lowest BCUT2D eigenvalue weighted by molar-refractivity contribution is -0.117. The Labute approximate surface area is 212 Å². The number of nitrogens with zero attached hydrogens (tertiary/aromatic N) is 1. The number of aromatic hydroxyl groups is 2. The van der Waals surface area contributed by atoms with Crippen molar-refractivity contribution in [3.8, 4) is 50.8 Å². The molecule has 5 aromatic rings. The van der Waals surface area contributed by atoms with Crippen molar-refractivity contribution in [3.63, 3.8) is 0 Å². The van der Waals surface area contributed by atoms with Crippen LogP contribution in [0.1, 0.15) is 12.8 Å². The Morgan fingerprint density at radius 3 is 2.41 bits per heavy atom. The van der Waals surface area contributed by atoms with E-state index in [1.54, 1.807) is 25.3 Å². The van der Waals surface area contributed by atoms with E-state index in [-0.39, 0.29) is 29.2 Å². The number of hydrogen-bond donors (Lipinski definition) is 3. The quantitative estimate of drug-likeness (QED) is 0.247. The number of hydrogen-bond acceptors (Lipinski definition) is 6. The van der Waals surface area contributed by atoms with E-state index in [1.807, 2.05) is 54.6 Å². The minimum Gasteiger partial charge on any atom is -0.507 e. The third kappa shape index (κ3) is 4.14. The first-order valence-electron chi connectivity index (χ1n) is 12.0. The summed E-state index contributed by atoms with van der Waals surface area (Å²) in [6.07, 6.45) is 1.69. The molecule has 0 spiro atoms. The Bertz CT molecular complexity index is 1630. The summed E-state index contributed by atoms with van der Waals surface area (Å²) in [5.41, 5.74) is 3.31. The van der Waals surface area contributed by atoms with Crippen molar-refractivity contribution in [1.29, 1.82) is 0 Å². The van der Waals surface area contributed by atoms with Crippen LogP contribution in [-0.4, -0.2) is 28.4 Å². The summed E-state index contributed by atoms with van der Waals surface area (Å²) in [6, 6.07) is 24.0. The van der Waals surface area contributed by atoms with E-state index in [0.717, 1.165) is 34.7 Å². The number of methoxy groups -OCH3 is 1. The molecule has 1 fully saturated rings. The maximum absolute atomic E-state index is 12.6. The number of anilines is 1. The second-order valence-corrected chi connectivity index (χ2v) is 9.14. The number of carbonyl (C=O) groups excluding carboxylic acids is 1. The Balaban J connectivity index is 1.53. The molecule has 0 unspecified atom stereocenters. The molecule has 6 rings (SSSR count). The van der Waals surface area contributed by atoms with Gasteiger partial charge in [0.2, 0.25) is 11.8 Å². The van der Waals surface area contributed by atoms with Gasteiger partial charge in [0.05, 0.1) is 12.7 Å². The molecule has 4 aromatic carbocycles. The molecule has 3 N–H and O–H groups in total. The van der Waals surface area contributed by atoms with Crippen molar-refractivity contribution >= 4 is 22.6 Å². The topological polar surface area (TPSA) is 105 Å². The van der Waals surface area contributed by atoms with Crippen molar-refractivity contribution in [1.82, 2.24) is 5.16 Å². The van der Waals surface area contributed by atoms with Crippen LogP contribution in [0.3, 0.4) is 0 Å². The highest BCUT2D eigenvalue weighted by atomic mass is 16.5. The summed E-state index contributed by atoms with van der Waals surface area (Å²) >= 11 is 0. The molecule has 1 heterocycles. The van der Waals surface area contributed by atoms with Gasteiger partial charge < -0.3 is 19.5 Å². The number of carbonyl (C=O) groups is 1. The van der Waals surface area contributed by atoms with E-state index in [0.29, 0.717) is 28.1 Å². The van der Waals surface area contributed by atoms with Gasteiger partial charge in [-0.05, 0) is 52.9 Å². The van der Waals surface area contributed by atoms with Crippen molar-refractivity contribution in [2.75, 3.05) is 12.4 Å². The van der Waals surface area contributed by atoms with Crippen molar-refractivity contribution in [2.24, 2.45) is 5.92 Å². The number of nitrogens with one attached hydrogen (secondary N) is 1. The van der Waals surface area contributed by atoms with E-state index in [2.05, 4.69) is 10.5 Å². The zero-order valence-electron chi connectivity index (χ0n) is 20.1. The van der Waals surface area contributed by atoms with Crippen LogP contribution in [0.4, 0.5) is 5.88 Å². The molecule has 1 saturated carbocycles. The van der Waals surface area contributed by atoms with E-state index in [4.69, 9.17) is 9.26 Å². The lowest BCUT2D eigenvalue weighted by Crippen LogP contribution is -2.13. The normalized spacial score (nSPS) is 13.0. The van der Waals surface area contributed by atoms with E-state index < -0.39 is 0 Å². The first-order chi connectivity index (χ1) is 18.0. The Morgan fingerprint density at radius 2 is 1.65 bits per heavy atom. The summed E-state index contributed by atoms with van der Waals surface area (Å²) in [5.74, 6) is 0.507. The van der Waals surface area contributed by atoms with E-state index in [1.165, 1.54) is 6.07 Å². The minimum absolute atomic E-state index is 0.0303. The predicted molar refractivity (Wildman–Crippen MR) is 142 cm³/mol. The number of phenolic OH excluding ortho intramolecular Hbond substituents is 2. The molecular weight excluding hydrogens is 468 g/mol. The summed E-state index contributed by atoms with van der Waals surface area (Å²) in [5, 5.41) is 30.9. The summed E-state index contributed by atoms with van der Waals surface area (Å²) in [4.78, 5) is 12.6. The van der Waals surface area contributed by atoms with Gasteiger partial charge in [0.25, 0.3) is 0 Å². The number of fused-ring (bicyclic) bond motifs is 1. The van der Waals surface area contributed by atoms with Crippen molar-refractivity contribution < 1.29 is 24.3 Å². The van der Waals surface area contributed by atoms with Crippen molar-refractivity contribution in [3.05, 3.63) is 78.9 Å². The summed E-state index contributed by atoms with van der Waals surface area (Å²) in [7, 11) is 1.59. The van der Waals surface area contributed by atoms with Crippen LogP contribution in [0.25, 0.3) is 44.3 Å². The van der Waals surface area contributed by atoms with Gasteiger partial charge in [-0.3, -0.25) is 10.1 Å². The highest BCUT2D eigenvalue weighted by Gasteiger charge is 2.32. The highest BCUT2D eigenvalue weighted by Crippen LogP contribution is 2.46. The van der Waals surface area contributed by atoms with E-state index >= 15 is 0 Å². The predicted octanol–water partition coefficient (Wildman–Crippen LogP) is 6.60. The fraction of sp³-hybridized carbons (Fsp3) is 0.133. The van der Waals surface area contributed by atoms with Crippen LogP contribution < -0.4 is 10.1 Å². The zero-order chi connectivity index (χ0) is 25.5. The van der Waals surface area contributed by atoms with Crippen LogP contribution in [0.15, 0.2) is 83.4 Å². The Morgan fingerprint density at radius 1 is 0.919 bits per heavy atom. The van der Waals surface area contributed by atoms with Crippen LogP contribution in [0, 0.1) is 5.92 Å². The summed E-state index contributed by atoms with van der Waals surface area (Å²) < 4.78 is 10.9. The SMILES string of the molecule is COc1ccc(-c2c(-c3cc(-c4cccc5ccccc45)c(O)cc3O)noc2NC(=O)C2CC2)cc1. The van der Waals surface area contributed by atoms with Crippen LogP contribution >= 0.6 is 0 Å². The second-order valence-electron chi connectivity index (χ2n) is 9.14. The van der Waals surface area contributed by atoms with Gasteiger partial charge in [-0.1, -0.05) is 59.8 Å². The molecule has 0 aliphatic heterocycles. The van der Waals surface area contributed by atoms with Crippen LogP contribution in [-0.2, 0) is 4.79 Å². The molecule has 1 aliphatic carbocycles. The van der Waals surface area contributed by atoms with Crippen LogP contribution in [0.5, 0.6) is 17.2 Å². The number of rotatable bonds is 6. The molecule has 1 aliphatic rings. The maximum Gasteiger partial charge on any atom is 0.239 e. The molecule has 0 radical (unpaired) electrons. The average molecular weight is 493 g/mol. The Kier molecular flexibility index (Phi) is 5.53. The molecule has 37 heavy (non-hydrogen) atoms.